The van der Waals surface area contributed by atoms with E-state index in [1.165, 1.54) is 0 Å². The molecular weight excluding hydrogens is 398 g/mol. The van der Waals surface area contributed by atoms with Crippen LogP contribution in [0.5, 0.6) is 0 Å². The molecular formula is C20H20BrNO4. The minimum Gasteiger partial charge on any atom is -0.481 e. The molecule has 0 radical (unpaired) electrons. The maximum Gasteiger partial charge on any atom is 0.411 e. The van der Waals surface area contributed by atoms with Gasteiger partial charge in [-0.3, -0.25) is 9.69 Å². The number of aliphatic carboxylic acids is 1. The third-order valence-corrected chi connectivity index (χ3v) is 5.33. The molecule has 1 amide bonds. The molecule has 0 spiro atoms. The number of hydrogen-bond donors (Lipinski definition) is 1. The Morgan fingerprint density at radius 1 is 1.23 bits per heavy atom. The fraction of sp³-hybridized carbons (Fsp3) is 0.300. The predicted molar refractivity (Wildman–Crippen MR) is 101 cm³/mol. The second-order valence-corrected chi connectivity index (χ2v) is 7.39. The Morgan fingerprint density at radius 2 is 1.88 bits per heavy atom. The maximum atomic E-state index is 12.6. The van der Waals surface area contributed by atoms with E-state index >= 15 is 0 Å². The summed E-state index contributed by atoms with van der Waals surface area (Å²) in [6, 6.07) is 17.0. The molecule has 26 heavy (non-hydrogen) atoms. The van der Waals surface area contributed by atoms with E-state index in [9.17, 15) is 9.59 Å². The minimum absolute atomic E-state index is 0.0668. The van der Waals surface area contributed by atoms with Crippen molar-refractivity contribution in [3.63, 3.8) is 0 Å². The van der Waals surface area contributed by atoms with Crippen molar-refractivity contribution >= 4 is 28.0 Å². The summed E-state index contributed by atoms with van der Waals surface area (Å²) in [5.74, 6) is -0.907. The molecule has 0 bridgehead atoms. The van der Waals surface area contributed by atoms with Gasteiger partial charge >= 0.3 is 12.1 Å². The van der Waals surface area contributed by atoms with Crippen molar-refractivity contribution in [3.8, 4) is 0 Å². The molecule has 5 nitrogen and oxygen atoms in total. The van der Waals surface area contributed by atoms with Gasteiger partial charge < -0.3 is 9.84 Å². The normalized spacial score (nSPS) is 20.7. The van der Waals surface area contributed by atoms with Crippen LogP contribution in [0.3, 0.4) is 0 Å². The number of rotatable bonds is 6. The number of hydrogen-bond acceptors (Lipinski definition) is 3. The average Bonchev–Trinajstić information content (AvgIpc) is 2.99. The Hall–Kier alpha value is -2.34. The lowest BCUT2D eigenvalue weighted by Crippen LogP contribution is -2.34. The van der Waals surface area contributed by atoms with Crippen molar-refractivity contribution < 1.29 is 19.4 Å². The first kappa shape index (κ1) is 18.5. The number of amides is 1. The van der Waals surface area contributed by atoms with Crippen LogP contribution in [-0.4, -0.2) is 28.6 Å². The van der Waals surface area contributed by atoms with E-state index in [2.05, 4.69) is 15.9 Å². The molecule has 2 unspecified atom stereocenters. The van der Waals surface area contributed by atoms with Gasteiger partial charge in [0.05, 0.1) is 12.6 Å². The number of benzene rings is 2. The van der Waals surface area contributed by atoms with Crippen LogP contribution in [0.4, 0.5) is 4.79 Å². The van der Waals surface area contributed by atoms with Gasteiger partial charge in [0.2, 0.25) is 0 Å². The van der Waals surface area contributed by atoms with Crippen LogP contribution in [-0.2, 0) is 15.1 Å². The van der Waals surface area contributed by atoms with E-state index in [4.69, 9.17) is 9.84 Å². The highest BCUT2D eigenvalue weighted by atomic mass is 79.9. The molecule has 2 atom stereocenters. The summed E-state index contributed by atoms with van der Waals surface area (Å²) < 4.78 is 6.75. The van der Waals surface area contributed by atoms with Crippen molar-refractivity contribution in [2.45, 2.75) is 31.4 Å². The molecule has 1 aliphatic heterocycles. The minimum atomic E-state index is -0.944. The summed E-state index contributed by atoms with van der Waals surface area (Å²) in [7, 11) is 0. The third-order valence-electron chi connectivity index (χ3n) is 4.81. The monoisotopic (exact) mass is 417 g/mol. The van der Waals surface area contributed by atoms with Gasteiger partial charge in [0.15, 0.2) is 5.60 Å². The predicted octanol–water partition coefficient (Wildman–Crippen LogP) is 4.72. The summed E-state index contributed by atoms with van der Waals surface area (Å²) in [5.41, 5.74) is 0.868. The van der Waals surface area contributed by atoms with E-state index in [0.717, 1.165) is 15.6 Å². The number of nitrogens with zero attached hydrogens (tertiary/aromatic N) is 1. The molecule has 1 heterocycles. The van der Waals surface area contributed by atoms with Gasteiger partial charge in [0, 0.05) is 17.3 Å². The first-order chi connectivity index (χ1) is 12.4. The van der Waals surface area contributed by atoms with Gasteiger partial charge in [0.25, 0.3) is 0 Å². The summed E-state index contributed by atoms with van der Waals surface area (Å²) >= 11 is 3.41. The second kappa shape index (κ2) is 7.50. The number of carboxylic acid groups (broad SMARTS) is 1. The average molecular weight is 418 g/mol. The van der Waals surface area contributed by atoms with Gasteiger partial charge in [0.1, 0.15) is 0 Å². The summed E-state index contributed by atoms with van der Waals surface area (Å²) in [6.45, 7) is 2.27. The van der Waals surface area contributed by atoms with Crippen LogP contribution in [0.2, 0.25) is 0 Å². The van der Waals surface area contributed by atoms with Crippen molar-refractivity contribution in [2.24, 2.45) is 0 Å². The van der Waals surface area contributed by atoms with Gasteiger partial charge in [-0.15, -0.1) is 0 Å². The second-order valence-electron chi connectivity index (χ2n) is 6.48. The fourth-order valence-corrected chi connectivity index (χ4v) is 3.55. The van der Waals surface area contributed by atoms with Gasteiger partial charge in [-0.25, -0.2) is 4.79 Å². The van der Waals surface area contributed by atoms with Crippen molar-refractivity contribution in [3.05, 3.63) is 70.2 Å². The SMILES string of the molecule is CC(c1ccc(Br)cc1)N1CC(CCC(=O)O)(c2ccccc2)OC1=O. The Labute approximate surface area is 160 Å². The maximum absolute atomic E-state index is 12.6. The lowest BCUT2D eigenvalue weighted by Gasteiger charge is -2.28. The van der Waals surface area contributed by atoms with E-state index in [0.29, 0.717) is 6.54 Å². The van der Waals surface area contributed by atoms with Crippen molar-refractivity contribution in [1.82, 2.24) is 4.90 Å². The number of carboxylic acids is 1. The van der Waals surface area contributed by atoms with Crippen LogP contribution in [0.25, 0.3) is 0 Å². The first-order valence-electron chi connectivity index (χ1n) is 8.44. The zero-order valence-corrected chi connectivity index (χ0v) is 16.0. The molecule has 6 heteroatoms. The number of ether oxygens (including phenoxy) is 1. The number of halogens is 1. The van der Waals surface area contributed by atoms with Gasteiger partial charge in [-0.2, -0.15) is 0 Å². The molecule has 1 aliphatic rings. The molecule has 3 rings (SSSR count). The molecule has 2 aromatic rings. The summed E-state index contributed by atoms with van der Waals surface area (Å²) in [5, 5.41) is 9.12. The van der Waals surface area contributed by atoms with E-state index in [-0.39, 0.29) is 18.9 Å². The van der Waals surface area contributed by atoms with Crippen LogP contribution >= 0.6 is 15.9 Å². The number of carbonyl (C=O) groups is 2. The highest BCUT2D eigenvalue weighted by Gasteiger charge is 2.48. The van der Waals surface area contributed by atoms with Gasteiger partial charge in [-0.1, -0.05) is 58.4 Å². The Kier molecular flexibility index (Phi) is 5.32. The molecule has 0 saturated carbocycles. The van der Waals surface area contributed by atoms with E-state index in [1.807, 2.05) is 61.5 Å². The van der Waals surface area contributed by atoms with Crippen molar-refractivity contribution in [2.75, 3.05) is 6.54 Å². The topological polar surface area (TPSA) is 66.8 Å². The largest absolute Gasteiger partial charge is 0.481 e. The van der Waals surface area contributed by atoms with Crippen LogP contribution in [0.1, 0.15) is 36.9 Å². The van der Waals surface area contributed by atoms with Crippen LogP contribution in [0, 0.1) is 0 Å². The Balaban J connectivity index is 1.89. The van der Waals surface area contributed by atoms with Crippen molar-refractivity contribution in [1.29, 1.82) is 0 Å². The quantitative estimate of drug-likeness (QED) is 0.737. The highest BCUT2D eigenvalue weighted by molar-refractivity contribution is 9.10. The molecule has 1 fully saturated rings. The van der Waals surface area contributed by atoms with E-state index in [1.54, 1.807) is 4.90 Å². The smallest absolute Gasteiger partial charge is 0.411 e. The Bertz CT molecular complexity index is 793. The summed E-state index contributed by atoms with van der Waals surface area (Å²) in [4.78, 5) is 25.4. The number of carbonyl (C=O) groups excluding carboxylic acids is 1. The van der Waals surface area contributed by atoms with Gasteiger partial charge in [-0.05, 0) is 30.2 Å². The third kappa shape index (κ3) is 3.75. The van der Waals surface area contributed by atoms with Crippen LogP contribution < -0.4 is 0 Å². The zero-order valence-electron chi connectivity index (χ0n) is 14.4. The molecule has 0 aliphatic carbocycles. The summed E-state index contributed by atoms with van der Waals surface area (Å²) in [6.07, 6.45) is -0.251. The molecule has 1 N–H and O–H groups in total. The van der Waals surface area contributed by atoms with Crippen LogP contribution in [0.15, 0.2) is 59.1 Å². The molecule has 136 valence electrons. The molecule has 1 saturated heterocycles. The zero-order chi connectivity index (χ0) is 18.7. The Morgan fingerprint density at radius 3 is 2.50 bits per heavy atom. The lowest BCUT2D eigenvalue weighted by molar-refractivity contribution is -0.138. The first-order valence-corrected chi connectivity index (χ1v) is 9.23. The number of cyclic esters (lactones) is 1. The molecule has 2 aromatic carbocycles. The molecule has 0 aromatic heterocycles. The lowest BCUT2D eigenvalue weighted by atomic mass is 9.88. The fourth-order valence-electron chi connectivity index (χ4n) is 3.29. The standard InChI is InChI=1S/C20H20BrNO4/c1-14(15-7-9-17(21)10-8-15)22-13-20(26-19(22)25,12-11-18(23)24)16-5-3-2-4-6-16/h2-10,14H,11-13H2,1H3,(H,23,24). The van der Waals surface area contributed by atoms with E-state index < -0.39 is 17.7 Å². The highest BCUT2D eigenvalue weighted by Crippen LogP contribution is 2.40.